The zero-order chi connectivity index (χ0) is 61.3. The van der Waals surface area contributed by atoms with Crippen LogP contribution in [0, 0.1) is 56.3 Å². The summed E-state index contributed by atoms with van der Waals surface area (Å²) < 4.78 is 98.6. The first-order chi connectivity index (χ1) is 41.7. The summed E-state index contributed by atoms with van der Waals surface area (Å²) in [6.07, 6.45) is 10.9. The van der Waals surface area contributed by atoms with Crippen molar-refractivity contribution in [3.8, 4) is 35.5 Å². The van der Waals surface area contributed by atoms with Crippen molar-refractivity contribution in [2.45, 2.75) is 78.6 Å². The Morgan fingerprint density at radius 1 is 0.402 bits per heavy atom. The maximum Gasteiger partial charge on any atom is 0.270 e. The van der Waals surface area contributed by atoms with E-state index in [1.807, 2.05) is 75.4 Å². The van der Waals surface area contributed by atoms with Crippen molar-refractivity contribution in [3.05, 3.63) is 271 Å². The van der Waals surface area contributed by atoms with Crippen molar-refractivity contribution >= 4 is 32.9 Å². The summed E-state index contributed by atoms with van der Waals surface area (Å²) in [5, 5.41) is 22.8. The van der Waals surface area contributed by atoms with Crippen LogP contribution in [0.15, 0.2) is 184 Å². The number of alkyl halides is 6. The third-order valence-electron chi connectivity index (χ3n) is 14.0. The molecule has 0 saturated carbocycles. The Bertz CT molecular complexity index is 4160. The van der Waals surface area contributed by atoms with E-state index in [1.54, 1.807) is 73.4 Å². The first-order valence-electron chi connectivity index (χ1n) is 27.3. The Labute approximate surface area is 496 Å². The molecule has 432 valence electrons. The zero-order valence-corrected chi connectivity index (χ0v) is 47.9. The standard InChI is InChI=1S/C24H18F2N2O.2C23H17F2N3O/c1-16-8-10-21-22(14-18-5-3-7-19(13-18)24(2,25)26)28-29-23(21)20(16)11-9-17-6-4-12-27-15-17;1-15-8-10-20-21(14-16-5-3-6-17(13-16)23(2,24)25)28-29-22(20)19(15)11-9-18-7-4-12-26-27-18;1-15-6-8-20-21(11-16-4-3-5-18(10-16)23(2,24)25)28-29-22(20)19(15)9-7-17-12-26-14-27-13-17/h3-8,10,12-13,15H,14H2,1-2H3;3-8,10,12-13H,14H2,1-2H3;3-6,8,10,12-14H,11H2,1-2H3. The summed E-state index contributed by atoms with van der Waals surface area (Å²) in [4.78, 5) is 12.0. The highest BCUT2D eigenvalue weighted by molar-refractivity contribution is 5.88. The highest BCUT2D eigenvalue weighted by Gasteiger charge is 2.27. The molecular weight excluding hydrogens is 1110 g/mol. The topological polar surface area (TPSA) is 143 Å². The van der Waals surface area contributed by atoms with E-state index in [2.05, 4.69) is 76.1 Å². The second-order valence-corrected chi connectivity index (χ2v) is 20.8. The molecule has 11 nitrogen and oxygen atoms in total. The Kier molecular flexibility index (Phi) is 17.5. The molecule has 0 unspecified atom stereocenters. The van der Waals surface area contributed by atoms with Crippen molar-refractivity contribution in [3.63, 3.8) is 0 Å². The summed E-state index contributed by atoms with van der Waals surface area (Å²) in [7, 11) is 0. The van der Waals surface area contributed by atoms with Crippen LogP contribution in [0.2, 0.25) is 0 Å². The molecule has 6 heterocycles. The number of hydrogen-bond acceptors (Lipinski definition) is 11. The van der Waals surface area contributed by atoms with Crippen LogP contribution in [-0.2, 0) is 37.0 Å². The Hall–Kier alpha value is -10.7. The number of rotatable bonds is 9. The van der Waals surface area contributed by atoms with Gasteiger partial charge in [-0.05, 0) is 121 Å². The summed E-state index contributed by atoms with van der Waals surface area (Å²) in [5.74, 6) is 9.82. The van der Waals surface area contributed by atoms with Crippen LogP contribution in [0.5, 0.6) is 0 Å². The molecule has 17 heteroatoms. The van der Waals surface area contributed by atoms with Gasteiger partial charge >= 0.3 is 0 Å². The van der Waals surface area contributed by atoms with Gasteiger partial charge in [0.05, 0.1) is 39.3 Å². The van der Waals surface area contributed by atoms with Crippen molar-refractivity contribution < 1.29 is 39.9 Å². The van der Waals surface area contributed by atoms with E-state index in [1.165, 1.54) is 42.7 Å². The number of halogens is 6. The molecule has 0 bridgehead atoms. The molecule has 6 aromatic carbocycles. The zero-order valence-electron chi connectivity index (χ0n) is 47.9. The van der Waals surface area contributed by atoms with Crippen molar-refractivity contribution in [2.75, 3.05) is 0 Å². The van der Waals surface area contributed by atoms with Gasteiger partial charge < -0.3 is 13.6 Å². The van der Waals surface area contributed by atoms with Gasteiger partial charge in [0.15, 0.2) is 16.7 Å². The van der Waals surface area contributed by atoms with E-state index in [4.69, 9.17) is 13.6 Å². The highest BCUT2D eigenvalue weighted by atomic mass is 19.3. The first kappa shape index (κ1) is 59.5. The summed E-state index contributed by atoms with van der Waals surface area (Å²) in [5.41, 5.74) is 13.2. The van der Waals surface area contributed by atoms with Crippen LogP contribution in [0.1, 0.15) is 121 Å². The van der Waals surface area contributed by atoms with E-state index < -0.39 is 17.8 Å². The van der Waals surface area contributed by atoms with Crippen LogP contribution in [-0.4, -0.2) is 40.6 Å². The van der Waals surface area contributed by atoms with Crippen LogP contribution >= 0.6 is 0 Å². The predicted molar refractivity (Wildman–Crippen MR) is 319 cm³/mol. The fraction of sp³-hybridized carbons (Fsp3) is 0.171. The average molecular weight is 1170 g/mol. The molecule has 87 heavy (non-hydrogen) atoms. The molecule has 0 aliphatic carbocycles. The van der Waals surface area contributed by atoms with Crippen LogP contribution < -0.4 is 0 Å². The van der Waals surface area contributed by atoms with E-state index in [0.29, 0.717) is 64.4 Å². The Morgan fingerprint density at radius 2 is 0.793 bits per heavy atom. The fourth-order valence-electron chi connectivity index (χ4n) is 9.32. The number of nitrogens with zero attached hydrogens (tertiary/aromatic N) is 8. The Morgan fingerprint density at radius 3 is 1.17 bits per heavy atom. The second-order valence-electron chi connectivity index (χ2n) is 20.8. The number of pyridine rings is 1. The lowest BCUT2D eigenvalue weighted by atomic mass is 10.00. The number of aromatic nitrogens is 8. The summed E-state index contributed by atoms with van der Waals surface area (Å²) >= 11 is 0. The predicted octanol–water partition coefficient (Wildman–Crippen LogP) is 15.7. The molecule has 0 radical (unpaired) electrons. The van der Waals surface area contributed by atoms with Gasteiger partial charge in [-0.25, -0.2) is 36.3 Å². The minimum absolute atomic E-state index is 0.0123. The lowest BCUT2D eigenvalue weighted by Crippen LogP contribution is -2.07. The van der Waals surface area contributed by atoms with E-state index >= 15 is 0 Å². The summed E-state index contributed by atoms with van der Waals surface area (Å²) in [6, 6.07) is 38.0. The van der Waals surface area contributed by atoms with Gasteiger partial charge in [-0.2, -0.15) is 5.10 Å². The third-order valence-corrected chi connectivity index (χ3v) is 14.0. The van der Waals surface area contributed by atoms with Gasteiger partial charge in [-0.1, -0.05) is 118 Å². The SMILES string of the molecule is Cc1ccc2c(Cc3cccc(C(C)(F)F)c3)noc2c1C#Cc1cccnc1.Cc1ccc2c(Cc3cccc(C(C)(F)F)c3)noc2c1C#Cc1cccnn1.Cc1ccc2c(Cc3cccc(C(C)(F)F)c3)noc2c1C#Cc1cncnc1. The molecule has 6 aromatic heterocycles. The number of hydrogen-bond donors (Lipinski definition) is 0. The molecular formula is C70H52F6N8O3. The van der Waals surface area contributed by atoms with Crippen LogP contribution in [0.4, 0.5) is 26.3 Å². The van der Waals surface area contributed by atoms with Crippen molar-refractivity contribution in [1.29, 1.82) is 0 Å². The molecule has 0 N–H and O–H groups in total. The molecule has 0 aliphatic rings. The molecule has 0 amide bonds. The highest BCUT2D eigenvalue weighted by Crippen LogP contribution is 2.34. The van der Waals surface area contributed by atoms with Crippen molar-refractivity contribution in [2.24, 2.45) is 0 Å². The average Bonchev–Trinajstić information content (AvgIpc) is 2.50. The largest absolute Gasteiger partial charge is 0.355 e. The quantitative estimate of drug-likeness (QED) is 0.101. The van der Waals surface area contributed by atoms with E-state index in [0.717, 1.165) is 92.6 Å². The van der Waals surface area contributed by atoms with Gasteiger partial charge in [0, 0.05) is 109 Å². The molecule has 0 spiro atoms. The molecule has 12 rings (SSSR count). The molecule has 0 saturated heterocycles. The minimum atomic E-state index is -2.89. The fourth-order valence-corrected chi connectivity index (χ4v) is 9.32. The maximum absolute atomic E-state index is 13.6. The molecule has 12 aromatic rings. The summed E-state index contributed by atoms with van der Waals surface area (Å²) in [6.45, 7) is 8.52. The molecule has 0 atom stereocenters. The number of aryl methyl sites for hydroxylation is 3. The van der Waals surface area contributed by atoms with E-state index in [-0.39, 0.29) is 16.7 Å². The van der Waals surface area contributed by atoms with Gasteiger partial charge in [0.1, 0.15) is 12.0 Å². The Balaban J connectivity index is 0.000000144. The smallest absolute Gasteiger partial charge is 0.270 e. The van der Waals surface area contributed by atoms with Gasteiger partial charge in [0.2, 0.25) is 0 Å². The van der Waals surface area contributed by atoms with Gasteiger partial charge in [0.25, 0.3) is 17.8 Å². The first-order valence-corrected chi connectivity index (χ1v) is 27.3. The van der Waals surface area contributed by atoms with Crippen LogP contribution in [0.25, 0.3) is 32.9 Å². The third kappa shape index (κ3) is 14.6. The van der Waals surface area contributed by atoms with Gasteiger partial charge in [-0.15, -0.1) is 5.10 Å². The van der Waals surface area contributed by atoms with Crippen molar-refractivity contribution in [1.82, 2.24) is 40.6 Å². The van der Waals surface area contributed by atoms with Crippen LogP contribution in [0.3, 0.4) is 0 Å². The lowest BCUT2D eigenvalue weighted by Gasteiger charge is -2.11. The minimum Gasteiger partial charge on any atom is -0.355 e. The molecule has 0 fully saturated rings. The van der Waals surface area contributed by atoms with Gasteiger partial charge in [-0.3, -0.25) is 4.98 Å². The van der Waals surface area contributed by atoms with E-state index in [9.17, 15) is 26.3 Å². The number of benzene rings is 6. The monoisotopic (exact) mass is 1170 g/mol. The normalized spacial score (nSPS) is 11.3. The second kappa shape index (κ2) is 25.7. The maximum atomic E-state index is 13.6. The lowest BCUT2D eigenvalue weighted by molar-refractivity contribution is 0.0167. The molecule has 0 aliphatic heterocycles. The number of fused-ring (bicyclic) bond motifs is 3.